The zero-order valence-corrected chi connectivity index (χ0v) is 26.8. The van der Waals surface area contributed by atoms with E-state index < -0.39 is 17.4 Å². The molecule has 1 spiro atoms. The van der Waals surface area contributed by atoms with E-state index in [4.69, 9.17) is 60.6 Å². The van der Waals surface area contributed by atoms with Gasteiger partial charge in [-0.05, 0) is 76.5 Å². The molecule has 2 aliphatic carbocycles. The van der Waals surface area contributed by atoms with Gasteiger partial charge < -0.3 is 14.2 Å². The smallest absolute Gasteiger partial charge is 0.330 e. The Morgan fingerprint density at radius 1 is 0.805 bits per heavy atom. The molecule has 0 aromatic heterocycles. The molecule has 2 aromatic carbocycles. The predicted molar refractivity (Wildman–Crippen MR) is 165 cm³/mol. The third-order valence-electron chi connectivity index (χ3n) is 8.08. The lowest BCUT2D eigenvalue weighted by atomic mass is 9.72. The van der Waals surface area contributed by atoms with Gasteiger partial charge in [0.1, 0.15) is 13.2 Å². The first-order valence-electron chi connectivity index (χ1n) is 13.5. The SMILES string of the molecule is C=CC(=O)OCCCc1c(Cl)cc2c(c1Cl)C(C)(C)CC21CC(C)(C)c2c1cc(Cl)c(OCCOC(=O)C=C)c2Cl. The number of hydrogen-bond acceptors (Lipinski definition) is 5. The molecular weight excluding hydrogens is 606 g/mol. The van der Waals surface area contributed by atoms with Crippen LogP contribution < -0.4 is 4.74 Å². The highest BCUT2D eigenvalue weighted by atomic mass is 35.5. The highest BCUT2D eigenvalue weighted by Crippen LogP contribution is 2.66. The van der Waals surface area contributed by atoms with Crippen LogP contribution in [0, 0.1) is 0 Å². The van der Waals surface area contributed by atoms with E-state index in [9.17, 15) is 9.59 Å². The first-order chi connectivity index (χ1) is 19.2. The number of hydrogen-bond donors (Lipinski definition) is 0. The number of carbonyl (C=O) groups is 2. The third-order valence-corrected chi connectivity index (χ3v) is 9.48. The van der Waals surface area contributed by atoms with Crippen LogP contribution in [0.15, 0.2) is 37.4 Å². The average molecular weight is 640 g/mol. The van der Waals surface area contributed by atoms with E-state index >= 15 is 0 Å². The van der Waals surface area contributed by atoms with Crippen molar-refractivity contribution in [2.75, 3.05) is 19.8 Å². The van der Waals surface area contributed by atoms with E-state index in [0.717, 1.165) is 52.8 Å². The minimum absolute atomic E-state index is 0.0412. The fraction of sp³-hybridized carbons (Fsp3) is 0.438. The Hall–Kier alpha value is -2.18. The van der Waals surface area contributed by atoms with Crippen molar-refractivity contribution in [3.8, 4) is 5.75 Å². The van der Waals surface area contributed by atoms with Crippen LogP contribution in [-0.2, 0) is 41.7 Å². The Kier molecular flexibility index (Phi) is 9.16. The number of halogens is 4. The maximum Gasteiger partial charge on any atom is 0.330 e. The van der Waals surface area contributed by atoms with Crippen molar-refractivity contribution in [1.29, 1.82) is 0 Å². The largest absolute Gasteiger partial charge is 0.487 e. The number of fused-ring (bicyclic) bond motifs is 4. The topological polar surface area (TPSA) is 61.8 Å². The monoisotopic (exact) mass is 638 g/mol. The van der Waals surface area contributed by atoms with Gasteiger partial charge in [0.15, 0.2) is 5.75 Å². The lowest BCUT2D eigenvalue weighted by Gasteiger charge is -2.30. The Balaban J connectivity index is 1.75. The molecule has 0 fully saturated rings. The highest BCUT2D eigenvalue weighted by Gasteiger charge is 2.58. The summed E-state index contributed by atoms with van der Waals surface area (Å²) >= 11 is 27.9. The normalized spacial score (nSPS) is 19.4. The van der Waals surface area contributed by atoms with E-state index in [1.54, 1.807) is 0 Å². The predicted octanol–water partition coefficient (Wildman–Crippen LogP) is 8.72. The summed E-state index contributed by atoms with van der Waals surface area (Å²) in [6, 6.07) is 4.01. The van der Waals surface area contributed by atoms with Gasteiger partial charge in [0, 0.05) is 27.6 Å². The molecule has 0 heterocycles. The fourth-order valence-electron chi connectivity index (χ4n) is 6.80. The Morgan fingerprint density at radius 3 is 1.88 bits per heavy atom. The van der Waals surface area contributed by atoms with Crippen molar-refractivity contribution in [1.82, 2.24) is 0 Å². The van der Waals surface area contributed by atoms with Gasteiger partial charge in [0.25, 0.3) is 0 Å². The van der Waals surface area contributed by atoms with Crippen LogP contribution in [0.1, 0.15) is 74.8 Å². The van der Waals surface area contributed by atoms with Crippen LogP contribution in [0.2, 0.25) is 20.1 Å². The molecule has 2 aromatic rings. The number of carbonyl (C=O) groups excluding carboxylic acids is 2. The zero-order valence-electron chi connectivity index (χ0n) is 23.7. The van der Waals surface area contributed by atoms with Gasteiger partial charge in [-0.25, -0.2) is 9.59 Å². The molecule has 0 amide bonds. The van der Waals surface area contributed by atoms with Gasteiger partial charge >= 0.3 is 11.9 Å². The molecule has 2 aliphatic rings. The van der Waals surface area contributed by atoms with Crippen LogP contribution in [0.3, 0.4) is 0 Å². The molecule has 1 atom stereocenters. The Bertz CT molecular complexity index is 1320. The molecule has 41 heavy (non-hydrogen) atoms. The summed E-state index contributed by atoms with van der Waals surface area (Å²) in [5.41, 5.74) is 4.05. The van der Waals surface area contributed by atoms with E-state index in [2.05, 4.69) is 40.9 Å². The van der Waals surface area contributed by atoms with Crippen LogP contribution in [0.25, 0.3) is 0 Å². The Morgan fingerprint density at radius 2 is 1.32 bits per heavy atom. The number of benzene rings is 2. The van der Waals surface area contributed by atoms with Crippen LogP contribution in [0.4, 0.5) is 0 Å². The Labute approximate surface area is 261 Å². The lowest BCUT2D eigenvalue weighted by Crippen LogP contribution is -2.27. The van der Waals surface area contributed by atoms with Crippen molar-refractivity contribution in [2.45, 2.75) is 69.6 Å². The van der Waals surface area contributed by atoms with Gasteiger partial charge in [-0.15, -0.1) is 0 Å². The van der Waals surface area contributed by atoms with Gasteiger partial charge in [-0.3, -0.25) is 0 Å². The second kappa shape index (κ2) is 11.8. The molecule has 0 aliphatic heterocycles. The number of rotatable bonds is 10. The zero-order chi connectivity index (χ0) is 30.3. The second-order valence-electron chi connectivity index (χ2n) is 11.9. The standard InChI is InChI=1S/C32H34Cl4O5/c1-7-23(37)39-11-9-10-18-21(33)14-19-25(27(18)35)30(3,4)16-32(19)17-31(5,6)26-20(32)15-22(34)29(28(26)36)41-13-12-40-24(38)8-2/h7-8,14-15H,1-2,9-13,16-17H2,3-6H3. The van der Waals surface area contributed by atoms with E-state index in [0.29, 0.717) is 38.7 Å². The summed E-state index contributed by atoms with van der Waals surface area (Å²) in [5, 5.41) is 2.08. The summed E-state index contributed by atoms with van der Waals surface area (Å²) in [7, 11) is 0. The summed E-state index contributed by atoms with van der Waals surface area (Å²) in [6.45, 7) is 15.9. The molecular formula is C32H34Cl4O5. The molecule has 0 saturated heterocycles. The molecule has 0 saturated carbocycles. The van der Waals surface area contributed by atoms with Crippen molar-refractivity contribution >= 4 is 58.3 Å². The first-order valence-corrected chi connectivity index (χ1v) is 15.0. The molecule has 0 N–H and O–H groups in total. The van der Waals surface area contributed by atoms with Gasteiger partial charge in [-0.2, -0.15) is 0 Å². The molecule has 0 radical (unpaired) electrons. The second-order valence-corrected chi connectivity index (χ2v) is 13.5. The van der Waals surface area contributed by atoms with E-state index in [-0.39, 0.29) is 30.7 Å². The van der Waals surface area contributed by atoms with Crippen molar-refractivity contribution in [3.63, 3.8) is 0 Å². The summed E-state index contributed by atoms with van der Waals surface area (Å²) in [4.78, 5) is 22.8. The summed E-state index contributed by atoms with van der Waals surface area (Å²) < 4.78 is 16.1. The third kappa shape index (κ3) is 5.76. The molecule has 9 heteroatoms. The first kappa shape index (κ1) is 31.7. The fourth-order valence-corrected chi connectivity index (χ4v) is 8.52. The molecule has 220 valence electrons. The minimum atomic E-state index is -0.526. The highest BCUT2D eigenvalue weighted by molar-refractivity contribution is 6.38. The van der Waals surface area contributed by atoms with Crippen LogP contribution in [-0.4, -0.2) is 31.8 Å². The van der Waals surface area contributed by atoms with Crippen molar-refractivity contribution in [3.05, 3.63) is 85.4 Å². The van der Waals surface area contributed by atoms with Crippen molar-refractivity contribution in [2.24, 2.45) is 0 Å². The van der Waals surface area contributed by atoms with E-state index in [1.165, 1.54) is 0 Å². The minimum Gasteiger partial charge on any atom is -0.487 e. The molecule has 1 unspecified atom stereocenters. The van der Waals surface area contributed by atoms with Gasteiger partial charge in [0.2, 0.25) is 0 Å². The van der Waals surface area contributed by atoms with Crippen LogP contribution >= 0.6 is 46.4 Å². The van der Waals surface area contributed by atoms with Gasteiger partial charge in [0.05, 0.1) is 16.7 Å². The van der Waals surface area contributed by atoms with Crippen molar-refractivity contribution < 1.29 is 23.8 Å². The summed E-state index contributed by atoms with van der Waals surface area (Å²) in [5.74, 6) is -0.612. The summed E-state index contributed by atoms with van der Waals surface area (Å²) in [6.07, 6.45) is 4.98. The molecule has 4 rings (SSSR count). The number of esters is 2. The maximum absolute atomic E-state index is 11.4. The van der Waals surface area contributed by atoms with Gasteiger partial charge in [-0.1, -0.05) is 87.3 Å². The molecule has 5 nitrogen and oxygen atoms in total. The average Bonchev–Trinajstić information content (AvgIpc) is 3.25. The van der Waals surface area contributed by atoms with Crippen LogP contribution in [0.5, 0.6) is 5.75 Å². The maximum atomic E-state index is 11.4. The van der Waals surface area contributed by atoms with E-state index in [1.807, 2.05) is 12.1 Å². The lowest BCUT2D eigenvalue weighted by molar-refractivity contribution is -0.139. The number of ether oxygens (including phenoxy) is 3. The quantitative estimate of drug-likeness (QED) is 0.148. The molecule has 0 bridgehead atoms.